The number of aliphatic hydroxyl groups excluding tert-OH is 1. The molecule has 0 spiro atoms. The zero-order valence-corrected chi connectivity index (χ0v) is 11.6. The number of rotatable bonds is 5. The molecule has 7 nitrogen and oxygen atoms in total. The molecule has 5 N–H and O–H groups in total. The molecular weight excluding hydrogens is 252 g/mol. The fraction of sp³-hybridized carbons (Fsp3) is 0.833. The lowest BCUT2D eigenvalue weighted by molar-refractivity contribution is -0.218. The Morgan fingerprint density at radius 2 is 1.79 bits per heavy atom. The van der Waals surface area contributed by atoms with E-state index in [0.717, 1.165) is 0 Å². The minimum atomic E-state index is -1.20. The second kappa shape index (κ2) is 5.07. The van der Waals surface area contributed by atoms with Gasteiger partial charge in [0, 0.05) is 10.8 Å². The maximum atomic E-state index is 12.0. The molecule has 0 aliphatic heterocycles. The van der Waals surface area contributed by atoms with Gasteiger partial charge in [-0.3, -0.25) is 14.4 Å². The lowest BCUT2D eigenvalue weighted by Gasteiger charge is -2.60. The van der Waals surface area contributed by atoms with Crippen LogP contribution in [0.15, 0.2) is 0 Å². The van der Waals surface area contributed by atoms with E-state index in [9.17, 15) is 14.7 Å². The van der Waals surface area contributed by atoms with Gasteiger partial charge in [-0.05, 0) is 0 Å². The third-order valence-corrected chi connectivity index (χ3v) is 3.91. The maximum Gasteiger partial charge on any atom is 0.322 e. The van der Waals surface area contributed by atoms with E-state index in [-0.39, 0.29) is 12.5 Å². The first-order valence-electron chi connectivity index (χ1n) is 6.11. The number of carboxylic acid groups (broad SMARTS) is 1. The van der Waals surface area contributed by atoms with Gasteiger partial charge in [0.2, 0.25) is 5.91 Å². The van der Waals surface area contributed by atoms with Gasteiger partial charge >= 0.3 is 5.97 Å². The number of nitrogens with two attached hydrogens (primary N) is 1. The Morgan fingerprint density at radius 1 is 1.32 bits per heavy atom. The van der Waals surface area contributed by atoms with Crippen LogP contribution in [0.2, 0.25) is 0 Å². The molecule has 1 fully saturated rings. The summed E-state index contributed by atoms with van der Waals surface area (Å²) in [5.74, 6) is -2.00. The summed E-state index contributed by atoms with van der Waals surface area (Å²) >= 11 is 0. The molecule has 0 saturated heterocycles. The minimum absolute atomic E-state index is 0.308. The van der Waals surface area contributed by atoms with Gasteiger partial charge in [0.1, 0.15) is 12.6 Å². The van der Waals surface area contributed by atoms with Crippen molar-refractivity contribution in [1.29, 1.82) is 0 Å². The molecule has 1 aliphatic rings. The molecule has 0 bridgehead atoms. The van der Waals surface area contributed by atoms with Gasteiger partial charge in [-0.2, -0.15) is 0 Å². The van der Waals surface area contributed by atoms with Gasteiger partial charge in [-0.25, -0.2) is 5.48 Å². The predicted octanol–water partition coefficient (Wildman–Crippen LogP) is -0.511. The number of aliphatic hydroxyl groups is 1. The van der Waals surface area contributed by atoms with Crippen molar-refractivity contribution in [2.75, 3.05) is 6.61 Å². The van der Waals surface area contributed by atoms with E-state index in [4.69, 9.17) is 15.7 Å². The molecule has 1 saturated carbocycles. The molecular formula is C12H22N2O5. The summed E-state index contributed by atoms with van der Waals surface area (Å²) in [7, 11) is 0. The Kier molecular flexibility index (Phi) is 4.23. The molecule has 0 aromatic rings. The summed E-state index contributed by atoms with van der Waals surface area (Å²) < 4.78 is 0. The molecule has 0 radical (unpaired) electrons. The first-order chi connectivity index (χ1) is 8.52. The molecule has 0 aromatic carbocycles. The van der Waals surface area contributed by atoms with Crippen LogP contribution < -0.4 is 11.2 Å². The number of hydrogen-bond acceptors (Lipinski definition) is 5. The van der Waals surface area contributed by atoms with E-state index in [1.165, 1.54) is 0 Å². The van der Waals surface area contributed by atoms with Gasteiger partial charge in [0.15, 0.2) is 0 Å². The molecule has 1 rings (SSSR count). The van der Waals surface area contributed by atoms with Crippen LogP contribution in [0, 0.1) is 16.7 Å². The molecule has 1 amide bonds. The quantitative estimate of drug-likeness (QED) is 0.501. The van der Waals surface area contributed by atoms with E-state index < -0.39 is 34.9 Å². The summed E-state index contributed by atoms with van der Waals surface area (Å²) in [6, 6.07) is -1.19. The van der Waals surface area contributed by atoms with Crippen LogP contribution in [0.4, 0.5) is 0 Å². The lowest BCUT2D eigenvalue weighted by Crippen LogP contribution is -2.67. The zero-order valence-electron chi connectivity index (χ0n) is 11.6. The highest BCUT2D eigenvalue weighted by molar-refractivity contribution is 5.81. The number of carbonyl (C=O) groups is 2. The van der Waals surface area contributed by atoms with Crippen molar-refractivity contribution < 1.29 is 24.6 Å². The highest BCUT2D eigenvalue weighted by atomic mass is 16.7. The normalized spacial score (nSPS) is 29.2. The Labute approximate surface area is 112 Å². The first-order valence-corrected chi connectivity index (χ1v) is 6.11. The third-order valence-electron chi connectivity index (χ3n) is 3.91. The smallest absolute Gasteiger partial charge is 0.322 e. The van der Waals surface area contributed by atoms with Gasteiger partial charge in [0.25, 0.3) is 0 Å². The summed E-state index contributed by atoms with van der Waals surface area (Å²) in [5, 5.41) is 18.6. The monoisotopic (exact) mass is 274 g/mol. The SMILES string of the molecule is CC1(C)C(O)C(C)(C)C1C(=O)NOC[C@H](N)C(=O)O. The van der Waals surface area contributed by atoms with Crippen LogP contribution in [0.1, 0.15) is 27.7 Å². The number of hydroxylamine groups is 1. The molecule has 110 valence electrons. The van der Waals surface area contributed by atoms with Crippen LogP contribution in [0.5, 0.6) is 0 Å². The van der Waals surface area contributed by atoms with Crippen LogP contribution in [0.3, 0.4) is 0 Å². The summed E-state index contributed by atoms with van der Waals surface area (Å²) in [6.07, 6.45) is -0.586. The van der Waals surface area contributed by atoms with Crippen molar-refractivity contribution in [3.8, 4) is 0 Å². The van der Waals surface area contributed by atoms with Crippen molar-refractivity contribution in [2.45, 2.75) is 39.8 Å². The van der Waals surface area contributed by atoms with E-state index in [1.54, 1.807) is 27.7 Å². The average molecular weight is 274 g/mol. The average Bonchev–Trinajstić information content (AvgIpc) is 2.26. The summed E-state index contributed by atoms with van der Waals surface area (Å²) in [4.78, 5) is 27.3. The Morgan fingerprint density at radius 3 is 2.21 bits per heavy atom. The fourth-order valence-corrected chi connectivity index (χ4v) is 3.15. The molecule has 0 heterocycles. The third kappa shape index (κ3) is 2.72. The van der Waals surface area contributed by atoms with E-state index in [1.807, 2.05) is 0 Å². The fourth-order valence-electron chi connectivity index (χ4n) is 3.15. The second-order valence-corrected chi connectivity index (χ2v) is 6.20. The first kappa shape index (κ1) is 15.9. The van der Waals surface area contributed by atoms with Gasteiger partial charge in [-0.1, -0.05) is 27.7 Å². The Hall–Kier alpha value is -1.18. The number of aliphatic carboxylic acids is 1. The Bertz CT molecular complexity index is 364. The van der Waals surface area contributed by atoms with Gasteiger partial charge in [-0.15, -0.1) is 0 Å². The number of carboxylic acids is 1. The van der Waals surface area contributed by atoms with Crippen LogP contribution in [-0.4, -0.2) is 40.8 Å². The highest BCUT2D eigenvalue weighted by Crippen LogP contribution is 2.58. The standard InChI is InChI=1S/C12H22N2O5/c1-11(2)7(12(3,4)10(11)18)8(15)14-19-5-6(13)9(16)17/h6-7,10,18H,5,13H2,1-4H3,(H,14,15)(H,16,17)/t6-,7?,10?/m0/s1. The summed E-state index contributed by atoms with van der Waals surface area (Å²) in [6.45, 7) is 6.90. The predicted molar refractivity (Wildman–Crippen MR) is 66.8 cm³/mol. The Balaban J connectivity index is 2.53. The topological polar surface area (TPSA) is 122 Å². The van der Waals surface area contributed by atoms with Gasteiger partial charge in [0.05, 0.1) is 12.0 Å². The summed E-state index contributed by atoms with van der Waals surface area (Å²) in [5.41, 5.74) is 6.35. The largest absolute Gasteiger partial charge is 0.480 e. The molecule has 0 aromatic heterocycles. The van der Waals surface area contributed by atoms with Crippen molar-refractivity contribution >= 4 is 11.9 Å². The zero-order chi connectivity index (χ0) is 15.0. The van der Waals surface area contributed by atoms with Crippen LogP contribution >= 0.6 is 0 Å². The van der Waals surface area contributed by atoms with Crippen molar-refractivity contribution in [1.82, 2.24) is 5.48 Å². The van der Waals surface area contributed by atoms with Crippen molar-refractivity contribution in [2.24, 2.45) is 22.5 Å². The van der Waals surface area contributed by atoms with Gasteiger partial charge < -0.3 is 15.9 Å². The van der Waals surface area contributed by atoms with Crippen LogP contribution in [0.25, 0.3) is 0 Å². The lowest BCUT2D eigenvalue weighted by atomic mass is 9.45. The van der Waals surface area contributed by atoms with E-state index in [0.29, 0.717) is 0 Å². The molecule has 19 heavy (non-hydrogen) atoms. The molecule has 1 atom stereocenters. The van der Waals surface area contributed by atoms with Crippen molar-refractivity contribution in [3.05, 3.63) is 0 Å². The number of hydrogen-bond donors (Lipinski definition) is 4. The number of nitrogens with one attached hydrogen (secondary N) is 1. The van der Waals surface area contributed by atoms with E-state index >= 15 is 0 Å². The van der Waals surface area contributed by atoms with Crippen LogP contribution in [-0.2, 0) is 14.4 Å². The highest BCUT2D eigenvalue weighted by Gasteiger charge is 2.64. The molecule has 7 heteroatoms. The molecule has 1 aliphatic carbocycles. The maximum absolute atomic E-state index is 12.0. The number of carbonyl (C=O) groups excluding carboxylic acids is 1. The number of amides is 1. The minimum Gasteiger partial charge on any atom is -0.480 e. The molecule has 0 unspecified atom stereocenters. The van der Waals surface area contributed by atoms with E-state index in [2.05, 4.69) is 5.48 Å². The van der Waals surface area contributed by atoms with Crippen molar-refractivity contribution in [3.63, 3.8) is 0 Å². The second-order valence-electron chi connectivity index (χ2n) is 6.20.